The number of carbonyl (C=O) groups excluding carboxylic acids is 7. The number of hydrogen-bond acceptors (Lipinski definition) is 12. The largest absolute Gasteiger partial charge is 0.469 e. The van der Waals surface area contributed by atoms with Gasteiger partial charge in [-0.05, 0) is 6.42 Å². The Morgan fingerprint density at radius 1 is 0.581 bits per heavy atom. The molecule has 0 aliphatic carbocycles. The SMILES string of the molecule is C=CC(=O)OCC(COC(=O)C=C)(COC(=O)C=C)COC(=O)CCC(CC(=O)OC)(C(=O)C(C)(C)C)C(=O)C(C)(C)C. The molecule has 0 saturated carbocycles. The first-order chi connectivity index (χ1) is 19.7. The van der Waals surface area contributed by atoms with Crippen molar-refractivity contribution in [1.82, 2.24) is 0 Å². The van der Waals surface area contributed by atoms with Gasteiger partial charge in [0.1, 0.15) is 31.8 Å². The maximum atomic E-state index is 13.7. The van der Waals surface area contributed by atoms with E-state index in [1.807, 2.05) is 0 Å². The molecule has 12 nitrogen and oxygen atoms in total. The predicted octanol–water partition coefficient (Wildman–Crippen LogP) is 3.26. The molecule has 43 heavy (non-hydrogen) atoms. The zero-order chi connectivity index (χ0) is 33.6. The van der Waals surface area contributed by atoms with E-state index in [2.05, 4.69) is 19.7 Å². The summed E-state index contributed by atoms with van der Waals surface area (Å²) in [6, 6.07) is 0. The van der Waals surface area contributed by atoms with Gasteiger partial charge in [-0.1, -0.05) is 61.3 Å². The van der Waals surface area contributed by atoms with Crippen molar-refractivity contribution in [3.63, 3.8) is 0 Å². The van der Waals surface area contributed by atoms with E-state index < -0.39 is 102 Å². The number of Topliss-reactive ketones (excluding diaryl/α,β-unsaturated/α-hetero) is 2. The van der Waals surface area contributed by atoms with Crippen molar-refractivity contribution in [2.45, 2.75) is 60.8 Å². The van der Waals surface area contributed by atoms with Crippen molar-refractivity contribution in [3.8, 4) is 0 Å². The maximum Gasteiger partial charge on any atom is 0.330 e. The minimum absolute atomic E-state index is 0.373. The van der Waals surface area contributed by atoms with Crippen LogP contribution in [0.4, 0.5) is 0 Å². The maximum absolute atomic E-state index is 13.7. The van der Waals surface area contributed by atoms with E-state index in [0.29, 0.717) is 0 Å². The Balaban J connectivity index is 6.38. The molecule has 0 radical (unpaired) electrons. The van der Waals surface area contributed by atoms with E-state index in [0.717, 1.165) is 25.3 Å². The molecule has 0 rings (SSSR count). The van der Waals surface area contributed by atoms with Crippen LogP contribution in [-0.4, -0.2) is 75.0 Å². The van der Waals surface area contributed by atoms with Crippen LogP contribution in [0.3, 0.4) is 0 Å². The highest BCUT2D eigenvalue weighted by atomic mass is 16.6. The van der Waals surface area contributed by atoms with Gasteiger partial charge in [0, 0.05) is 35.5 Å². The molecule has 0 aliphatic heterocycles. The number of hydrogen-bond donors (Lipinski definition) is 0. The number of esters is 5. The molecule has 0 aromatic rings. The first kappa shape index (κ1) is 38.9. The van der Waals surface area contributed by atoms with Crippen LogP contribution in [0.5, 0.6) is 0 Å². The summed E-state index contributed by atoms with van der Waals surface area (Å²) in [5, 5.41) is 0. The molecular formula is C31H44O12. The third kappa shape index (κ3) is 12.4. The molecule has 0 spiro atoms. The van der Waals surface area contributed by atoms with Crippen LogP contribution in [0.15, 0.2) is 38.0 Å². The van der Waals surface area contributed by atoms with Crippen LogP contribution in [0.1, 0.15) is 60.8 Å². The fourth-order valence-electron chi connectivity index (χ4n) is 4.05. The van der Waals surface area contributed by atoms with Crippen LogP contribution in [0.25, 0.3) is 0 Å². The van der Waals surface area contributed by atoms with E-state index in [9.17, 15) is 33.6 Å². The summed E-state index contributed by atoms with van der Waals surface area (Å²) in [4.78, 5) is 88.4. The second-order valence-corrected chi connectivity index (χ2v) is 12.1. The summed E-state index contributed by atoms with van der Waals surface area (Å²) >= 11 is 0. The lowest BCUT2D eigenvalue weighted by molar-refractivity contribution is -0.167. The van der Waals surface area contributed by atoms with Gasteiger partial charge in [-0.2, -0.15) is 0 Å². The van der Waals surface area contributed by atoms with Gasteiger partial charge in [0.25, 0.3) is 0 Å². The number of rotatable bonds is 18. The summed E-state index contributed by atoms with van der Waals surface area (Å²) in [6.07, 6.45) is 1.19. The summed E-state index contributed by atoms with van der Waals surface area (Å²) < 4.78 is 25.5. The van der Waals surface area contributed by atoms with Crippen LogP contribution >= 0.6 is 0 Å². The van der Waals surface area contributed by atoms with Crippen LogP contribution < -0.4 is 0 Å². The molecule has 0 aromatic heterocycles. The summed E-state index contributed by atoms with van der Waals surface area (Å²) in [7, 11) is 1.13. The predicted molar refractivity (Wildman–Crippen MR) is 154 cm³/mol. The summed E-state index contributed by atoms with van der Waals surface area (Å²) in [5.41, 5.74) is -5.60. The molecule has 0 N–H and O–H groups in total. The van der Waals surface area contributed by atoms with Crippen LogP contribution in [-0.2, 0) is 57.2 Å². The normalized spacial score (nSPS) is 11.8. The molecule has 0 atom stereocenters. The average Bonchev–Trinajstić information content (AvgIpc) is 2.95. The van der Waals surface area contributed by atoms with Gasteiger partial charge in [0.15, 0.2) is 11.6 Å². The minimum atomic E-state index is -1.90. The van der Waals surface area contributed by atoms with Gasteiger partial charge in [-0.25, -0.2) is 14.4 Å². The van der Waals surface area contributed by atoms with Crippen LogP contribution in [0.2, 0.25) is 0 Å². The third-order valence-electron chi connectivity index (χ3n) is 6.26. The van der Waals surface area contributed by atoms with Crippen LogP contribution in [0, 0.1) is 21.7 Å². The minimum Gasteiger partial charge on any atom is -0.469 e. The Hall–Kier alpha value is -4.09. The fraction of sp³-hybridized carbons (Fsp3) is 0.581. The fourth-order valence-corrected chi connectivity index (χ4v) is 4.05. The Kier molecular flexibility index (Phi) is 15.0. The van der Waals surface area contributed by atoms with Crippen molar-refractivity contribution in [2.75, 3.05) is 33.5 Å². The Labute approximate surface area is 252 Å². The van der Waals surface area contributed by atoms with E-state index in [1.54, 1.807) is 41.5 Å². The van der Waals surface area contributed by atoms with Gasteiger partial charge in [0.05, 0.1) is 18.9 Å². The topological polar surface area (TPSA) is 166 Å². The zero-order valence-corrected chi connectivity index (χ0v) is 26.2. The first-order valence-electron chi connectivity index (χ1n) is 13.4. The van der Waals surface area contributed by atoms with E-state index in [4.69, 9.17) is 23.7 Å². The average molecular weight is 609 g/mol. The van der Waals surface area contributed by atoms with Gasteiger partial charge in [-0.3, -0.25) is 19.2 Å². The number of carbonyl (C=O) groups is 7. The van der Waals surface area contributed by atoms with E-state index in [1.165, 1.54) is 0 Å². The van der Waals surface area contributed by atoms with Crippen molar-refractivity contribution in [1.29, 1.82) is 0 Å². The quantitative estimate of drug-likeness (QED) is 0.0966. The van der Waals surface area contributed by atoms with Crippen molar-refractivity contribution >= 4 is 41.4 Å². The van der Waals surface area contributed by atoms with Gasteiger partial charge >= 0.3 is 29.8 Å². The third-order valence-corrected chi connectivity index (χ3v) is 6.26. The van der Waals surface area contributed by atoms with Gasteiger partial charge in [0.2, 0.25) is 0 Å². The standard InChI is InChI=1S/C31H44O12/c1-11-21(32)40-17-30(18-41-22(33)12-2,19-42-23(34)13-3)20-43-24(35)14-15-31(16-25(36)39-10,26(37)28(4,5)6)27(38)29(7,8)9/h11-13H,1-3,14-20H2,4-10H3. The molecule has 0 bridgehead atoms. The molecule has 0 saturated heterocycles. The Morgan fingerprint density at radius 2 is 0.930 bits per heavy atom. The molecule has 0 aliphatic rings. The summed E-state index contributed by atoms with van der Waals surface area (Å²) in [6.45, 7) is 17.3. The summed E-state index contributed by atoms with van der Waals surface area (Å²) in [5.74, 6) is -5.35. The highest BCUT2D eigenvalue weighted by molar-refractivity contribution is 6.12. The molecular weight excluding hydrogens is 564 g/mol. The van der Waals surface area contributed by atoms with E-state index in [-0.39, 0.29) is 6.42 Å². The molecule has 240 valence electrons. The highest BCUT2D eigenvalue weighted by Crippen LogP contribution is 2.43. The monoisotopic (exact) mass is 608 g/mol. The van der Waals surface area contributed by atoms with Crippen molar-refractivity contribution in [2.24, 2.45) is 21.7 Å². The Morgan fingerprint density at radius 3 is 1.23 bits per heavy atom. The lowest BCUT2D eigenvalue weighted by Gasteiger charge is -2.39. The number of ketones is 2. The van der Waals surface area contributed by atoms with E-state index >= 15 is 0 Å². The highest BCUT2D eigenvalue weighted by Gasteiger charge is 2.54. The molecule has 0 heterocycles. The molecule has 0 aromatic carbocycles. The number of methoxy groups -OCH3 is 1. The molecule has 0 unspecified atom stereocenters. The second-order valence-electron chi connectivity index (χ2n) is 12.1. The van der Waals surface area contributed by atoms with Crippen molar-refractivity contribution in [3.05, 3.63) is 38.0 Å². The first-order valence-corrected chi connectivity index (χ1v) is 13.4. The van der Waals surface area contributed by atoms with Gasteiger partial charge in [-0.15, -0.1) is 0 Å². The number of ether oxygens (including phenoxy) is 5. The Bertz CT molecular complexity index is 1010. The molecule has 0 fully saturated rings. The lowest BCUT2D eigenvalue weighted by atomic mass is 9.61. The zero-order valence-electron chi connectivity index (χ0n) is 26.2. The van der Waals surface area contributed by atoms with Gasteiger partial charge < -0.3 is 23.7 Å². The smallest absolute Gasteiger partial charge is 0.330 e. The molecule has 0 amide bonds. The lowest BCUT2D eigenvalue weighted by Crippen LogP contribution is -2.51. The molecule has 12 heteroatoms. The second kappa shape index (κ2) is 16.5. The van der Waals surface area contributed by atoms with Crippen molar-refractivity contribution < 1.29 is 57.2 Å².